The van der Waals surface area contributed by atoms with Crippen LogP contribution in [0, 0.1) is 0 Å². The molecule has 108 valence electrons. The molecule has 21 heavy (non-hydrogen) atoms. The Morgan fingerprint density at radius 1 is 1.05 bits per heavy atom. The maximum atomic E-state index is 10.8. The number of anilines is 1. The van der Waals surface area contributed by atoms with Gasteiger partial charge in [-0.15, -0.1) is 0 Å². The molecule has 0 aromatic heterocycles. The number of benzene rings is 2. The van der Waals surface area contributed by atoms with Crippen molar-refractivity contribution in [2.45, 2.75) is 32.2 Å². The van der Waals surface area contributed by atoms with E-state index in [-0.39, 0.29) is 0 Å². The molecule has 0 aliphatic heterocycles. The van der Waals surface area contributed by atoms with Gasteiger partial charge in [-0.2, -0.15) is 0 Å². The monoisotopic (exact) mass is 281 g/mol. The molecule has 2 aromatic carbocycles. The molecule has 0 spiro atoms. The molecule has 0 atom stereocenters. The SMILES string of the molecule is O=C(O)c1ccc(CNc2cccc3c2CCCC3)cc1. The van der Waals surface area contributed by atoms with Crippen LogP contribution in [0.3, 0.4) is 0 Å². The van der Waals surface area contributed by atoms with E-state index in [1.807, 2.05) is 12.1 Å². The number of aryl methyl sites for hydroxylation is 1. The molecule has 0 fully saturated rings. The number of fused-ring (bicyclic) bond motifs is 1. The van der Waals surface area contributed by atoms with Gasteiger partial charge in [-0.05, 0) is 60.6 Å². The number of hydrogen-bond acceptors (Lipinski definition) is 2. The second-order valence-corrected chi connectivity index (χ2v) is 5.51. The maximum Gasteiger partial charge on any atom is 0.335 e. The van der Waals surface area contributed by atoms with Crippen molar-refractivity contribution >= 4 is 11.7 Å². The lowest BCUT2D eigenvalue weighted by molar-refractivity contribution is 0.0697. The average Bonchev–Trinajstić information content (AvgIpc) is 2.53. The van der Waals surface area contributed by atoms with Crippen molar-refractivity contribution in [2.75, 3.05) is 5.32 Å². The summed E-state index contributed by atoms with van der Waals surface area (Å²) in [4.78, 5) is 10.8. The highest BCUT2D eigenvalue weighted by molar-refractivity contribution is 5.87. The number of rotatable bonds is 4. The lowest BCUT2D eigenvalue weighted by Crippen LogP contribution is -2.08. The fourth-order valence-electron chi connectivity index (χ4n) is 2.91. The van der Waals surface area contributed by atoms with Crippen molar-refractivity contribution in [3.8, 4) is 0 Å². The number of nitrogens with one attached hydrogen (secondary N) is 1. The highest BCUT2D eigenvalue weighted by Gasteiger charge is 2.12. The predicted octanol–water partition coefficient (Wildman–Crippen LogP) is 3.88. The van der Waals surface area contributed by atoms with Gasteiger partial charge >= 0.3 is 5.97 Å². The second kappa shape index (κ2) is 6.00. The first-order valence-electron chi connectivity index (χ1n) is 7.41. The van der Waals surface area contributed by atoms with E-state index in [9.17, 15) is 4.79 Å². The summed E-state index contributed by atoms with van der Waals surface area (Å²) < 4.78 is 0. The molecule has 0 bridgehead atoms. The molecule has 0 saturated carbocycles. The van der Waals surface area contributed by atoms with E-state index < -0.39 is 5.97 Å². The van der Waals surface area contributed by atoms with Gasteiger partial charge in [-0.25, -0.2) is 4.79 Å². The zero-order chi connectivity index (χ0) is 14.7. The zero-order valence-electron chi connectivity index (χ0n) is 11.9. The summed E-state index contributed by atoms with van der Waals surface area (Å²) in [6, 6.07) is 13.5. The molecule has 3 rings (SSSR count). The Labute approximate surface area is 124 Å². The van der Waals surface area contributed by atoms with Crippen LogP contribution in [0.2, 0.25) is 0 Å². The highest BCUT2D eigenvalue weighted by Crippen LogP contribution is 2.28. The minimum Gasteiger partial charge on any atom is -0.478 e. The number of carbonyl (C=O) groups is 1. The van der Waals surface area contributed by atoms with Crippen molar-refractivity contribution in [2.24, 2.45) is 0 Å². The Balaban J connectivity index is 1.71. The summed E-state index contributed by atoms with van der Waals surface area (Å²) in [5.41, 5.74) is 5.55. The van der Waals surface area contributed by atoms with Crippen molar-refractivity contribution in [3.63, 3.8) is 0 Å². The quantitative estimate of drug-likeness (QED) is 0.894. The van der Waals surface area contributed by atoms with E-state index in [4.69, 9.17) is 5.11 Å². The Morgan fingerprint density at radius 3 is 2.57 bits per heavy atom. The van der Waals surface area contributed by atoms with Crippen LogP contribution in [0.15, 0.2) is 42.5 Å². The third kappa shape index (κ3) is 3.07. The summed E-state index contributed by atoms with van der Waals surface area (Å²) in [6.07, 6.45) is 4.88. The van der Waals surface area contributed by atoms with E-state index in [0.29, 0.717) is 5.56 Å². The molecule has 0 unspecified atom stereocenters. The van der Waals surface area contributed by atoms with E-state index in [1.54, 1.807) is 12.1 Å². The van der Waals surface area contributed by atoms with Gasteiger partial charge in [0.1, 0.15) is 0 Å². The molecule has 2 N–H and O–H groups in total. The Morgan fingerprint density at radius 2 is 1.81 bits per heavy atom. The number of carboxylic acid groups (broad SMARTS) is 1. The van der Waals surface area contributed by atoms with E-state index in [0.717, 1.165) is 18.5 Å². The van der Waals surface area contributed by atoms with Crippen LogP contribution < -0.4 is 5.32 Å². The van der Waals surface area contributed by atoms with Crippen LogP contribution in [0.4, 0.5) is 5.69 Å². The van der Waals surface area contributed by atoms with Gasteiger partial charge in [0, 0.05) is 12.2 Å². The largest absolute Gasteiger partial charge is 0.478 e. The standard InChI is InChI=1S/C18H19NO2/c20-18(21)15-10-8-13(9-11-15)12-19-17-7-3-5-14-4-1-2-6-16(14)17/h3,5,7-11,19H,1-2,4,6,12H2,(H,20,21). The minimum atomic E-state index is -0.883. The van der Waals surface area contributed by atoms with Gasteiger partial charge in [-0.1, -0.05) is 24.3 Å². The first-order valence-corrected chi connectivity index (χ1v) is 7.41. The van der Waals surface area contributed by atoms with E-state index in [2.05, 4.69) is 23.5 Å². The molecular weight excluding hydrogens is 262 g/mol. The molecule has 1 aliphatic carbocycles. The molecule has 3 heteroatoms. The minimum absolute atomic E-state index is 0.329. The zero-order valence-corrected chi connectivity index (χ0v) is 11.9. The van der Waals surface area contributed by atoms with Gasteiger partial charge in [0.2, 0.25) is 0 Å². The number of aromatic carboxylic acids is 1. The molecule has 0 amide bonds. The van der Waals surface area contributed by atoms with Crippen molar-refractivity contribution in [1.82, 2.24) is 0 Å². The van der Waals surface area contributed by atoms with Crippen LogP contribution in [0.5, 0.6) is 0 Å². The summed E-state index contributed by atoms with van der Waals surface area (Å²) in [5, 5.41) is 12.4. The fourth-order valence-corrected chi connectivity index (χ4v) is 2.91. The van der Waals surface area contributed by atoms with E-state index in [1.165, 1.54) is 36.1 Å². The third-order valence-corrected chi connectivity index (χ3v) is 4.08. The van der Waals surface area contributed by atoms with Crippen LogP contribution in [-0.2, 0) is 19.4 Å². The van der Waals surface area contributed by atoms with Gasteiger partial charge < -0.3 is 10.4 Å². The summed E-state index contributed by atoms with van der Waals surface area (Å²) in [7, 11) is 0. The lowest BCUT2D eigenvalue weighted by atomic mass is 9.90. The van der Waals surface area contributed by atoms with Crippen LogP contribution in [0.1, 0.15) is 39.9 Å². The van der Waals surface area contributed by atoms with Gasteiger partial charge in [0.05, 0.1) is 5.56 Å². The van der Waals surface area contributed by atoms with Gasteiger partial charge in [-0.3, -0.25) is 0 Å². The fraction of sp³-hybridized carbons (Fsp3) is 0.278. The molecule has 0 radical (unpaired) electrons. The lowest BCUT2D eigenvalue weighted by Gasteiger charge is -2.20. The highest BCUT2D eigenvalue weighted by atomic mass is 16.4. The first-order chi connectivity index (χ1) is 10.2. The number of carboxylic acids is 1. The van der Waals surface area contributed by atoms with Gasteiger partial charge in [0.15, 0.2) is 0 Å². The van der Waals surface area contributed by atoms with Crippen LogP contribution in [-0.4, -0.2) is 11.1 Å². The Bertz CT molecular complexity index is 647. The maximum absolute atomic E-state index is 10.8. The van der Waals surface area contributed by atoms with E-state index >= 15 is 0 Å². The normalized spacial score (nSPS) is 13.5. The second-order valence-electron chi connectivity index (χ2n) is 5.51. The van der Waals surface area contributed by atoms with Gasteiger partial charge in [0.25, 0.3) is 0 Å². The summed E-state index contributed by atoms with van der Waals surface area (Å²) in [6.45, 7) is 0.719. The van der Waals surface area contributed by atoms with Crippen LogP contribution >= 0.6 is 0 Å². The Kier molecular flexibility index (Phi) is 3.91. The smallest absolute Gasteiger partial charge is 0.335 e. The molecule has 1 aliphatic rings. The van der Waals surface area contributed by atoms with Crippen LogP contribution in [0.25, 0.3) is 0 Å². The summed E-state index contributed by atoms with van der Waals surface area (Å²) in [5.74, 6) is -0.883. The van der Waals surface area contributed by atoms with Crippen molar-refractivity contribution < 1.29 is 9.90 Å². The molecule has 0 heterocycles. The number of hydrogen-bond donors (Lipinski definition) is 2. The summed E-state index contributed by atoms with van der Waals surface area (Å²) >= 11 is 0. The molecular formula is C18H19NO2. The topological polar surface area (TPSA) is 49.3 Å². The Hall–Kier alpha value is -2.29. The third-order valence-electron chi connectivity index (χ3n) is 4.08. The predicted molar refractivity (Wildman–Crippen MR) is 83.8 cm³/mol. The average molecular weight is 281 g/mol. The first kappa shape index (κ1) is 13.7. The molecule has 2 aromatic rings. The van der Waals surface area contributed by atoms with Crippen molar-refractivity contribution in [1.29, 1.82) is 0 Å². The molecule has 0 saturated heterocycles. The van der Waals surface area contributed by atoms with Crippen molar-refractivity contribution in [3.05, 3.63) is 64.7 Å². The molecule has 3 nitrogen and oxygen atoms in total.